The monoisotopic (exact) mass is 208 g/mol. The lowest BCUT2D eigenvalue weighted by atomic mass is 9.98. The third-order valence-electron chi connectivity index (χ3n) is 2.59. The van der Waals surface area contributed by atoms with Crippen LogP contribution >= 0.6 is 11.8 Å². The lowest BCUT2D eigenvalue weighted by molar-refractivity contribution is 0.195. The van der Waals surface area contributed by atoms with E-state index in [4.69, 9.17) is 0 Å². The van der Waals surface area contributed by atoms with Crippen LogP contribution in [0.15, 0.2) is 24.3 Å². The van der Waals surface area contributed by atoms with Crippen LogP contribution in [0.25, 0.3) is 0 Å². The molecule has 0 amide bonds. The minimum absolute atomic E-state index is 0.235. The van der Waals surface area contributed by atoms with E-state index in [9.17, 15) is 5.11 Å². The minimum Gasteiger partial charge on any atom is -0.393 e. The van der Waals surface area contributed by atoms with Gasteiger partial charge in [0, 0.05) is 17.4 Å². The maximum Gasteiger partial charge on any atom is 0.0552 e. The fourth-order valence-corrected chi connectivity index (χ4v) is 2.60. The number of benzene rings is 1. The second-order valence-electron chi connectivity index (χ2n) is 4.03. The standard InChI is InChI=1S/C12H16OS/c1-9(13)5-10-3-2-4-11(6-10)12-7-14-8-12/h2-4,6,9,12-13H,5,7-8H2,1H3. The molecule has 1 fully saturated rings. The Bertz CT molecular complexity index is 305. The Balaban J connectivity index is 2.09. The zero-order valence-corrected chi connectivity index (χ0v) is 9.26. The highest BCUT2D eigenvalue weighted by molar-refractivity contribution is 8.00. The van der Waals surface area contributed by atoms with Gasteiger partial charge in [0.1, 0.15) is 0 Å². The number of aliphatic hydroxyl groups excluding tert-OH is 1. The van der Waals surface area contributed by atoms with Crippen LogP contribution in [0.3, 0.4) is 0 Å². The highest BCUT2D eigenvalue weighted by Gasteiger charge is 2.19. The summed E-state index contributed by atoms with van der Waals surface area (Å²) in [5.41, 5.74) is 2.70. The summed E-state index contributed by atoms with van der Waals surface area (Å²) in [7, 11) is 0. The van der Waals surface area contributed by atoms with E-state index < -0.39 is 0 Å². The molecule has 14 heavy (non-hydrogen) atoms. The van der Waals surface area contributed by atoms with E-state index in [-0.39, 0.29) is 6.10 Å². The van der Waals surface area contributed by atoms with Gasteiger partial charge in [-0.1, -0.05) is 24.3 Å². The molecule has 0 radical (unpaired) electrons. The van der Waals surface area contributed by atoms with Crippen molar-refractivity contribution in [2.24, 2.45) is 0 Å². The Morgan fingerprint density at radius 2 is 2.29 bits per heavy atom. The molecule has 1 saturated heterocycles. The average Bonchev–Trinajstić information content (AvgIpc) is 1.99. The molecule has 1 aliphatic heterocycles. The third-order valence-corrected chi connectivity index (χ3v) is 3.87. The maximum atomic E-state index is 9.30. The molecule has 1 aromatic rings. The van der Waals surface area contributed by atoms with Crippen LogP contribution in [0.5, 0.6) is 0 Å². The second kappa shape index (κ2) is 4.37. The molecule has 1 N–H and O–H groups in total. The van der Waals surface area contributed by atoms with Gasteiger partial charge in [-0.15, -0.1) is 0 Å². The first-order valence-corrected chi connectivity index (χ1v) is 6.26. The molecule has 1 atom stereocenters. The van der Waals surface area contributed by atoms with Gasteiger partial charge in [0.15, 0.2) is 0 Å². The maximum absolute atomic E-state index is 9.30. The average molecular weight is 208 g/mol. The summed E-state index contributed by atoms with van der Waals surface area (Å²) < 4.78 is 0. The molecule has 1 aliphatic rings. The Hall–Kier alpha value is -0.470. The van der Waals surface area contributed by atoms with E-state index in [1.165, 1.54) is 22.6 Å². The van der Waals surface area contributed by atoms with Crippen molar-refractivity contribution in [2.45, 2.75) is 25.4 Å². The molecule has 0 spiro atoms. The highest BCUT2D eigenvalue weighted by atomic mass is 32.2. The van der Waals surface area contributed by atoms with Crippen molar-refractivity contribution >= 4 is 11.8 Å². The number of hydrogen-bond donors (Lipinski definition) is 1. The zero-order valence-electron chi connectivity index (χ0n) is 8.44. The molecular formula is C12H16OS. The van der Waals surface area contributed by atoms with Crippen molar-refractivity contribution < 1.29 is 5.11 Å². The summed E-state index contributed by atoms with van der Waals surface area (Å²) in [6.07, 6.45) is 0.536. The summed E-state index contributed by atoms with van der Waals surface area (Å²) >= 11 is 2.01. The molecule has 0 bridgehead atoms. The summed E-state index contributed by atoms with van der Waals surface area (Å²) in [4.78, 5) is 0. The normalized spacial score (nSPS) is 19.0. The first kappa shape index (κ1) is 10.1. The smallest absolute Gasteiger partial charge is 0.0552 e. The Morgan fingerprint density at radius 1 is 1.50 bits per heavy atom. The van der Waals surface area contributed by atoms with Crippen molar-refractivity contribution in [1.29, 1.82) is 0 Å². The zero-order chi connectivity index (χ0) is 9.97. The third kappa shape index (κ3) is 2.31. The van der Waals surface area contributed by atoms with Gasteiger partial charge in [-0.2, -0.15) is 11.8 Å². The summed E-state index contributed by atoms with van der Waals surface area (Å²) in [6.45, 7) is 1.84. The predicted molar refractivity (Wildman–Crippen MR) is 61.9 cm³/mol. The van der Waals surface area contributed by atoms with Crippen molar-refractivity contribution in [3.8, 4) is 0 Å². The quantitative estimate of drug-likeness (QED) is 0.823. The van der Waals surface area contributed by atoms with Crippen LogP contribution in [0.4, 0.5) is 0 Å². The Kier molecular flexibility index (Phi) is 3.14. The van der Waals surface area contributed by atoms with Crippen molar-refractivity contribution in [1.82, 2.24) is 0 Å². The van der Waals surface area contributed by atoms with Crippen molar-refractivity contribution in [3.05, 3.63) is 35.4 Å². The largest absolute Gasteiger partial charge is 0.393 e. The fraction of sp³-hybridized carbons (Fsp3) is 0.500. The Morgan fingerprint density at radius 3 is 2.86 bits per heavy atom. The fourth-order valence-electron chi connectivity index (χ4n) is 1.74. The van der Waals surface area contributed by atoms with Crippen molar-refractivity contribution in [2.75, 3.05) is 11.5 Å². The molecule has 2 rings (SSSR count). The lowest BCUT2D eigenvalue weighted by Gasteiger charge is -2.25. The molecule has 76 valence electrons. The summed E-state index contributed by atoms with van der Waals surface area (Å²) in [5, 5.41) is 9.30. The first-order chi connectivity index (χ1) is 6.75. The molecule has 0 aliphatic carbocycles. The van der Waals surface area contributed by atoms with Gasteiger partial charge >= 0.3 is 0 Å². The number of hydrogen-bond acceptors (Lipinski definition) is 2. The van der Waals surface area contributed by atoms with E-state index in [0.717, 1.165) is 12.3 Å². The number of rotatable bonds is 3. The summed E-state index contributed by atoms with van der Waals surface area (Å²) in [5.74, 6) is 3.28. The van der Waals surface area contributed by atoms with Crippen LogP contribution in [-0.2, 0) is 6.42 Å². The minimum atomic E-state index is -0.235. The Labute approximate surface area is 89.5 Å². The highest BCUT2D eigenvalue weighted by Crippen LogP contribution is 2.34. The molecule has 1 aromatic carbocycles. The van der Waals surface area contributed by atoms with Gasteiger partial charge in [-0.05, 0) is 24.5 Å². The molecule has 1 unspecified atom stereocenters. The van der Waals surface area contributed by atoms with E-state index in [1.807, 2.05) is 18.7 Å². The van der Waals surface area contributed by atoms with Gasteiger partial charge in [0.2, 0.25) is 0 Å². The van der Waals surface area contributed by atoms with Crippen LogP contribution in [0.2, 0.25) is 0 Å². The van der Waals surface area contributed by atoms with Gasteiger partial charge in [-0.25, -0.2) is 0 Å². The van der Waals surface area contributed by atoms with Crippen LogP contribution in [-0.4, -0.2) is 22.7 Å². The lowest BCUT2D eigenvalue weighted by Crippen LogP contribution is -2.15. The SMILES string of the molecule is CC(O)Cc1cccc(C2CSC2)c1. The van der Waals surface area contributed by atoms with Gasteiger partial charge in [0.05, 0.1) is 6.10 Å². The van der Waals surface area contributed by atoms with Crippen LogP contribution in [0.1, 0.15) is 24.0 Å². The van der Waals surface area contributed by atoms with E-state index >= 15 is 0 Å². The van der Waals surface area contributed by atoms with Gasteiger partial charge < -0.3 is 5.11 Å². The molecule has 2 heteroatoms. The van der Waals surface area contributed by atoms with Gasteiger partial charge in [-0.3, -0.25) is 0 Å². The summed E-state index contributed by atoms with van der Waals surface area (Å²) in [6, 6.07) is 8.66. The van der Waals surface area contributed by atoms with Gasteiger partial charge in [0.25, 0.3) is 0 Å². The van der Waals surface area contributed by atoms with Crippen LogP contribution < -0.4 is 0 Å². The molecule has 0 aromatic heterocycles. The second-order valence-corrected chi connectivity index (χ2v) is 5.11. The first-order valence-electron chi connectivity index (χ1n) is 5.10. The molecule has 1 heterocycles. The predicted octanol–water partition coefficient (Wildman–Crippen LogP) is 2.44. The topological polar surface area (TPSA) is 20.2 Å². The number of thioether (sulfide) groups is 1. The van der Waals surface area contributed by atoms with E-state index in [1.54, 1.807) is 0 Å². The van der Waals surface area contributed by atoms with Crippen LogP contribution in [0, 0.1) is 0 Å². The van der Waals surface area contributed by atoms with E-state index in [0.29, 0.717) is 0 Å². The number of aliphatic hydroxyl groups is 1. The van der Waals surface area contributed by atoms with E-state index in [2.05, 4.69) is 24.3 Å². The molecule has 1 nitrogen and oxygen atoms in total. The molecular weight excluding hydrogens is 192 g/mol. The molecule has 0 saturated carbocycles. The van der Waals surface area contributed by atoms with Crippen molar-refractivity contribution in [3.63, 3.8) is 0 Å².